The van der Waals surface area contributed by atoms with Crippen molar-refractivity contribution in [2.75, 3.05) is 20.8 Å². The molecule has 7 heteroatoms. The maximum Gasteiger partial charge on any atom is 0.339 e. The highest BCUT2D eigenvalue weighted by Crippen LogP contribution is 2.68. The molecule has 6 nitrogen and oxygen atoms in total. The van der Waals surface area contributed by atoms with Crippen LogP contribution in [0.15, 0.2) is 42.5 Å². The lowest BCUT2D eigenvalue weighted by Gasteiger charge is -2.38. The van der Waals surface area contributed by atoms with E-state index in [0.29, 0.717) is 0 Å². The van der Waals surface area contributed by atoms with Gasteiger partial charge in [-0.15, -0.1) is 0 Å². The standard InChI is InChI=1S/C18H17NO5S/c1-22-12-6-3-5-11(9-12)18-10-24-25(20,21)19-16(17(18)19)13-7-4-8-14(23-2)15(13)18/h3-9,16-17H,10H2,1-2H3/t16-,17?,18?,19?/m0/s1. The normalized spacial score (nSPS) is 33.3. The Bertz CT molecular complexity index is 989. The van der Waals surface area contributed by atoms with Crippen LogP contribution in [0.2, 0.25) is 0 Å². The molecule has 3 unspecified atom stereocenters. The van der Waals surface area contributed by atoms with Crippen LogP contribution in [-0.2, 0) is 19.9 Å². The fourth-order valence-corrected chi connectivity index (χ4v) is 6.04. The van der Waals surface area contributed by atoms with Gasteiger partial charge in [-0.3, -0.25) is 4.18 Å². The summed E-state index contributed by atoms with van der Waals surface area (Å²) in [5, 5.41) is 0. The van der Waals surface area contributed by atoms with E-state index in [4.69, 9.17) is 13.7 Å². The number of fused-ring (bicyclic) bond motifs is 4. The zero-order valence-electron chi connectivity index (χ0n) is 13.8. The van der Waals surface area contributed by atoms with Crippen LogP contribution in [-0.4, -0.2) is 39.6 Å². The summed E-state index contributed by atoms with van der Waals surface area (Å²) >= 11 is 0. The minimum atomic E-state index is -3.68. The van der Waals surface area contributed by atoms with E-state index < -0.39 is 15.7 Å². The van der Waals surface area contributed by atoms with E-state index in [-0.39, 0.29) is 18.7 Å². The molecule has 2 saturated heterocycles. The third-order valence-electron chi connectivity index (χ3n) is 5.58. The van der Waals surface area contributed by atoms with E-state index in [2.05, 4.69) is 0 Å². The molecule has 0 spiro atoms. The van der Waals surface area contributed by atoms with Crippen LogP contribution in [0.25, 0.3) is 0 Å². The third kappa shape index (κ3) is 1.73. The van der Waals surface area contributed by atoms with Gasteiger partial charge in [-0.05, 0) is 29.3 Å². The highest BCUT2D eigenvalue weighted by atomic mass is 32.2. The monoisotopic (exact) mass is 359 g/mol. The Labute approximate surface area is 146 Å². The zero-order valence-corrected chi connectivity index (χ0v) is 14.6. The number of rotatable bonds is 3. The summed E-state index contributed by atoms with van der Waals surface area (Å²) in [4.78, 5) is 0. The van der Waals surface area contributed by atoms with Gasteiger partial charge in [-0.1, -0.05) is 24.3 Å². The molecule has 3 aliphatic rings. The molecule has 5 rings (SSSR count). The van der Waals surface area contributed by atoms with Crippen LogP contribution < -0.4 is 9.47 Å². The molecular formula is C18H17NO5S. The Morgan fingerprint density at radius 3 is 2.72 bits per heavy atom. The largest absolute Gasteiger partial charge is 0.497 e. The van der Waals surface area contributed by atoms with Gasteiger partial charge in [0.05, 0.1) is 38.3 Å². The van der Waals surface area contributed by atoms with Crippen LogP contribution in [0.5, 0.6) is 11.5 Å². The summed E-state index contributed by atoms with van der Waals surface area (Å²) in [5.41, 5.74) is 2.40. The van der Waals surface area contributed by atoms with E-state index in [0.717, 1.165) is 28.2 Å². The molecule has 2 heterocycles. The molecule has 4 atom stereocenters. The van der Waals surface area contributed by atoms with Crippen molar-refractivity contribution >= 4 is 10.3 Å². The summed E-state index contributed by atoms with van der Waals surface area (Å²) in [7, 11) is -0.426. The number of hydrogen-bond acceptors (Lipinski definition) is 5. The van der Waals surface area contributed by atoms with Gasteiger partial charge in [0, 0.05) is 5.56 Å². The van der Waals surface area contributed by atoms with Crippen LogP contribution in [0, 0.1) is 0 Å². The Kier molecular flexibility index (Phi) is 2.89. The van der Waals surface area contributed by atoms with Crippen molar-refractivity contribution in [3.8, 4) is 11.5 Å². The first-order chi connectivity index (χ1) is 12.0. The SMILES string of the molecule is COc1cccc(C23COS(=O)(=O)N4C2[C@@H]4c2cccc(OC)c23)c1. The smallest absolute Gasteiger partial charge is 0.339 e. The Hall–Kier alpha value is -2.09. The second-order valence-electron chi connectivity index (χ2n) is 6.57. The van der Waals surface area contributed by atoms with E-state index >= 15 is 0 Å². The lowest BCUT2D eigenvalue weighted by molar-refractivity contribution is 0.194. The van der Waals surface area contributed by atoms with Crippen molar-refractivity contribution in [2.24, 2.45) is 0 Å². The minimum Gasteiger partial charge on any atom is -0.497 e. The molecule has 0 bridgehead atoms. The zero-order chi connectivity index (χ0) is 17.4. The lowest BCUT2D eigenvalue weighted by atomic mass is 9.74. The van der Waals surface area contributed by atoms with Gasteiger partial charge >= 0.3 is 10.3 Å². The van der Waals surface area contributed by atoms with Crippen molar-refractivity contribution < 1.29 is 22.1 Å². The summed E-state index contributed by atoms with van der Waals surface area (Å²) < 4.78 is 42.5. The van der Waals surface area contributed by atoms with Crippen LogP contribution >= 0.6 is 0 Å². The lowest BCUT2D eigenvalue weighted by Crippen LogP contribution is -2.46. The molecular weight excluding hydrogens is 342 g/mol. The third-order valence-corrected chi connectivity index (χ3v) is 6.97. The van der Waals surface area contributed by atoms with Gasteiger partial charge in [0.1, 0.15) is 11.5 Å². The molecule has 25 heavy (non-hydrogen) atoms. The van der Waals surface area contributed by atoms with Gasteiger partial charge in [0.2, 0.25) is 0 Å². The fourth-order valence-electron chi connectivity index (χ4n) is 4.56. The molecule has 2 aromatic rings. The molecule has 2 aromatic carbocycles. The fraction of sp³-hybridized carbons (Fsp3) is 0.333. The molecule has 0 amide bonds. The van der Waals surface area contributed by atoms with Crippen molar-refractivity contribution in [1.82, 2.24) is 4.31 Å². The molecule has 130 valence electrons. The second kappa shape index (κ2) is 4.75. The number of ether oxygens (including phenoxy) is 2. The van der Waals surface area contributed by atoms with Crippen molar-refractivity contribution in [3.05, 3.63) is 59.2 Å². The summed E-state index contributed by atoms with van der Waals surface area (Å²) in [6, 6.07) is 13.2. The minimum absolute atomic E-state index is 0.0630. The van der Waals surface area contributed by atoms with Crippen LogP contribution in [0.1, 0.15) is 22.7 Å². The van der Waals surface area contributed by atoms with Gasteiger partial charge in [-0.25, -0.2) is 0 Å². The topological polar surface area (TPSA) is 64.8 Å². The number of methoxy groups -OCH3 is 2. The summed E-state index contributed by atoms with van der Waals surface area (Å²) in [6.07, 6.45) is 0. The first kappa shape index (κ1) is 15.2. The van der Waals surface area contributed by atoms with Gasteiger partial charge in [0.25, 0.3) is 0 Å². The van der Waals surface area contributed by atoms with Crippen LogP contribution in [0.4, 0.5) is 0 Å². The molecule has 2 fully saturated rings. The number of hydrogen-bond donors (Lipinski definition) is 0. The Balaban J connectivity index is 1.81. The molecule has 0 saturated carbocycles. The maximum absolute atomic E-state index is 12.3. The molecule has 0 N–H and O–H groups in total. The molecule has 1 aliphatic carbocycles. The highest BCUT2D eigenvalue weighted by Gasteiger charge is 2.75. The maximum atomic E-state index is 12.3. The van der Waals surface area contributed by atoms with Crippen molar-refractivity contribution in [1.29, 1.82) is 0 Å². The Morgan fingerprint density at radius 1 is 1.16 bits per heavy atom. The molecule has 0 radical (unpaired) electrons. The predicted molar refractivity (Wildman–Crippen MR) is 90.0 cm³/mol. The van der Waals surface area contributed by atoms with Gasteiger partial charge in [-0.2, -0.15) is 12.7 Å². The summed E-state index contributed by atoms with van der Waals surface area (Å²) in [5.74, 6) is 1.49. The van der Waals surface area contributed by atoms with Crippen molar-refractivity contribution in [2.45, 2.75) is 17.5 Å². The average molecular weight is 359 g/mol. The number of nitrogens with zero attached hydrogens (tertiary/aromatic N) is 1. The van der Waals surface area contributed by atoms with E-state index in [1.807, 2.05) is 42.5 Å². The molecule has 0 aromatic heterocycles. The van der Waals surface area contributed by atoms with E-state index in [9.17, 15) is 8.42 Å². The van der Waals surface area contributed by atoms with E-state index in [1.54, 1.807) is 14.2 Å². The highest BCUT2D eigenvalue weighted by molar-refractivity contribution is 7.84. The molecule has 2 aliphatic heterocycles. The first-order valence-corrected chi connectivity index (χ1v) is 9.41. The van der Waals surface area contributed by atoms with Crippen LogP contribution in [0.3, 0.4) is 0 Å². The summed E-state index contributed by atoms with van der Waals surface area (Å²) in [6.45, 7) is 0.0630. The van der Waals surface area contributed by atoms with Crippen molar-refractivity contribution in [3.63, 3.8) is 0 Å². The van der Waals surface area contributed by atoms with Gasteiger partial charge < -0.3 is 9.47 Å². The predicted octanol–water partition coefficient (Wildman–Crippen LogP) is 2.00. The van der Waals surface area contributed by atoms with Gasteiger partial charge in [0.15, 0.2) is 0 Å². The second-order valence-corrected chi connectivity index (χ2v) is 8.08. The number of benzene rings is 2. The van der Waals surface area contributed by atoms with E-state index in [1.165, 1.54) is 4.31 Å². The average Bonchev–Trinajstić information content (AvgIpc) is 3.33. The Morgan fingerprint density at radius 2 is 1.96 bits per heavy atom. The quantitative estimate of drug-likeness (QED) is 0.785. The first-order valence-electron chi connectivity index (χ1n) is 8.04.